The highest BCUT2D eigenvalue weighted by Crippen LogP contribution is 2.32. The highest BCUT2D eigenvalue weighted by atomic mass is 79.9. The zero-order valence-corrected chi connectivity index (χ0v) is 8.76. The van der Waals surface area contributed by atoms with Crippen molar-refractivity contribution in [3.63, 3.8) is 0 Å². The maximum atomic E-state index is 11.3. The number of anilines is 1. The lowest BCUT2D eigenvalue weighted by Gasteiger charge is -2.10. The molecule has 13 heavy (non-hydrogen) atoms. The van der Waals surface area contributed by atoms with E-state index in [4.69, 9.17) is 5.84 Å². The molecule has 0 saturated carbocycles. The Labute approximate surface area is 84.6 Å². The number of hydrogen-bond acceptors (Lipinski definition) is 2. The van der Waals surface area contributed by atoms with E-state index in [1.54, 1.807) is 0 Å². The van der Waals surface area contributed by atoms with Crippen molar-refractivity contribution in [2.75, 3.05) is 5.01 Å². The fourth-order valence-electron chi connectivity index (χ4n) is 1.57. The van der Waals surface area contributed by atoms with E-state index in [0.717, 1.165) is 21.3 Å². The quantitative estimate of drug-likeness (QED) is 0.553. The summed E-state index contributed by atoms with van der Waals surface area (Å²) >= 11 is 3.37. The molecule has 0 atom stereocenters. The van der Waals surface area contributed by atoms with Gasteiger partial charge < -0.3 is 0 Å². The number of amides is 1. The first-order valence-corrected chi connectivity index (χ1v) is 4.75. The van der Waals surface area contributed by atoms with Gasteiger partial charge in [0.25, 0.3) is 0 Å². The van der Waals surface area contributed by atoms with Crippen molar-refractivity contribution in [3.05, 3.63) is 27.7 Å². The van der Waals surface area contributed by atoms with Crippen LogP contribution in [0.1, 0.15) is 11.1 Å². The Balaban J connectivity index is 2.63. The Morgan fingerprint density at radius 2 is 2.23 bits per heavy atom. The number of fused-ring (bicyclic) bond motifs is 1. The highest BCUT2D eigenvalue weighted by Gasteiger charge is 2.26. The van der Waals surface area contributed by atoms with Crippen molar-refractivity contribution < 1.29 is 4.79 Å². The van der Waals surface area contributed by atoms with Crippen LogP contribution in [0.25, 0.3) is 0 Å². The number of halogens is 1. The van der Waals surface area contributed by atoms with Gasteiger partial charge in [0, 0.05) is 4.47 Å². The molecular formula is C9H9BrN2O. The Hall–Kier alpha value is -0.870. The van der Waals surface area contributed by atoms with Crippen LogP contribution in [0, 0.1) is 6.92 Å². The van der Waals surface area contributed by atoms with Crippen LogP contribution in [0.3, 0.4) is 0 Å². The minimum atomic E-state index is -0.0452. The predicted octanol–water partition coefficient (Wildman–Crippen LogP) is 1.52. The molecule has 1 aliphatic rings. The normalized spacial score (nSPS) is 15.0. The molecule has 0 unspecified atom stereocenters. The van der Waals surface area contributed by atoms with Gasteiger partial charge in [-0.3, -0.25) is 4.79 Å². The molecule has 2 rings (SSSR count). The van der Waals surface area contributed by atoms with Crippen molar-refractivity contribution in [1.29, 1.82) is 0 Å². The van der Waals surface area contributed by atoms with Crippen LogP contribution in [0.2, 0.25) is 0 Å². The van der Waals surface area contributed by atoms with Crippen molar-refractivity contribution >= 4 is 27.5 Å². The molecule has 4 heteroatoms. The number of hydrogen-bond donors (Lipinski definition) is 1. The summed E-state index contributed by atoms with van der Waals surface area (Å²) in [5.74, 6) is 5.55. The summed E-state index contributed by atoms with van der Waals surface area (Å²) in [5, 5.41) is 1.22. The minimum absolute atomic E-state index is 0.0452. The van der Waals surface area contributed by atoms with Crippen LogP contribution in [-0.2, 0) is 11.2 Å². The van der Waals surface area contributed by atoms with Crippen LogP contribution in [-0.4, -0.2) is 5.91 Å². The molecule has 2 N–H and O–H groups in total. The van der Waals surface area contributed by atoms with Gasteiger partial charge in [-0.15, -0.1) is 0 Å². The molecule has 0 bridgehead atoms. The van der Waals surface area contributed by atoms with E-state index in [-0.39, 0.29) is 5.91 Å². The van der Waals surface area contributed by atoms with Gasteiger partial charge >= 0.3 is 0 Å². The molecule has 0 aromatic heterocycles. The maximum absolute atomic E-state index is 11.3. The topological polar surface area (TPSA) is 46.3 Å². The van der Waals surface area contributed by atoms with Crippen LogP contribution in [0.5, 0.6) is 0 Å². The average Bonchev–Trinajstić information content (AvgIpc) is 2.32. The predicted molar refractivity (Wildman–Crippen MR) is 54.3 cm³/mol. The minimum Gasteiger partial charge on any atom is -0.273 e. The van der Waals surface area contributed by atoms with E-state index in [1.807, 2.05) is 19.1 Å². The zero-order chi connectivity index (χ0) is 9.59. The Bertz CT molecular complexity index is 389. The smallest absolute Gasteiger partial charge is 0.245 e. The Morgan fingerprint density at radius 3 is 2.92 bits per heavy atom. The first-order valence-electron chi connectivity index (χ1n) is 3.96. The van der Waals surface area contributed by atoms with Crippen molar-refractivity contribution in [2.45, 2.75) is 13.3 Å². The third-order valence-electron chi connectivity index (χ3n) is 2.27. The maximum Gasteiger partial charge on any atom is 0.245 e. The Kier molecular flexibility index (Phi) is 1.89. The monoisotopic (exact) mass is 240 g/mol. The highest BCUT2D eigenvalue weighted by molar-refractivity contribution is 9.10. The molecule has 1 amide bonds. The molecule has 0 spiro atoms. The molecular weight excluding hydrogens is 232 g/mol. The molecule has 0 aliphatic carbocycles. The number of benzene rings is 1. The standard InChI is InChI=1S/C9H9BrN2O/c1-5-2-6(10)3-8-7(5)4-9(13)12(8)11/h2-3H,4,11H2,1H3. The molecule has 68 valence electrons. The lowest BCUT2D eigenvalue weighted by atomic mass is 10.1. The summed E-state index contributed by atoms with van der Waals surface area (Å²) in [7, 11) is 0. The number of carbonyl (C=O) groups excluding carboxylic acids is 1. The van der Waals surface area contributed by atoms with Crippen LogP contribution in [0.4, 0.5) is 5.69 Å². The van der Waals surface area contributed by atoms with Crippen LogP contribution in [0.15, 0.2) is 16.6 Å². The van der Waals surface area contributed by atoms with Crippen molar-refractivity contribution in [2.24, 2.45) is 5.84 Å². The van der Waals surface area contributed by atoms with Gasteiger partial charge in [-0.05, 0) is 30.2 Å². The number of hydrazine groups is 1. The lowest BCUT2D eigenvalue weighted by molar-refractivity contribution is -0.117. The summed E-state index contributed by atoms with van der Waals surface area (Å²) in [5.41, 5.74) is 2.96. The summed E-state index contributed by atoms with van der Waals surface area (Å²) in [6.45, 7) is 1.98. The molecule has 3 nitrogen and oxygen atoms in total. The summed E-state index contributed by atoms with van der Waals surface area (Å²) in [6.07, 6.45) is 0.422. The third kappa shape index (κ3) is 1.26. The first kappa shape index (κ1) is 8.72. The first-order chi connectivity index (χ1) is 6.09. The summed E-state index contributed by atoms with van der Waals surface area (Å²) < 4.78 is 0.953. The fraction of sp³-hybridized carbons (Fsp3) is 0.222. The Morgan fingerprint density at radius 1 is 1.54 bits per heavy atom. The van der Waals surface area contributed by atoms with Gasteiger partial charge in [0.2, 0.25) is 5.91 Å². The second-order valence-electron chi connectivity index (χ2n) is 3.16. The van der Waals surface area contributed by atoms with E-state index >= 15 is 0 Å². The fourth-order valence-corrected chi connectivity index (χ4v) is 2.13. The van der Waals surface area contributed by atoms with Gasteiger partial charge in [-0.2, -0.15) is 0 Å². The van der Waals surface area contributed by atoms with Gasteiger partial charge in [0.1, 0.15) is 0 Å². The summed E-state index contributed by atoms with van der Waals surface area (Å²) in [6, 6.07) is 3.86. The third-order valence-corrected chi connectivity index (χ3v) is 2.73. The molecule has 1 aromatic carbocycles. The van der Waals surface area contributed by atoms with E-state index in [2.05, 4.69) is 15.9 Å². The van der Waals surface area contributed by atoms with E-state index < -0.39 is 0 Å². The van der Waals surface area contributed by atoms with Crippen molar-refractivity contribution in [3.8, 4) is 0 Å². The second-order valence-corrected chi connectivity index (χ2v) is 4.08. The van der Waals surface area contributed by atoms with Gasteiger partial charge in [-0.1, -0.05) is 15.9 Å². The number of carbonyl (C=O) groups is 1. The molecule has 0 saturated heterocycles. The number of nitrogens with two attached hydrogens (primary N) is 1. The number of aryl methyl sites for hydroxylation is 1. The van der Waals surface area contributed by atoms with Gasteiger partial charge in [0.15, 0.2) is 0 Å². The second kappa shape index (κ2) is 2.82. The largest absolute Gasteiger partial charge is 0.273 e. The average molecular weight is 241 g/mol. The van der Waals surface area contributed by atoms with Gasteiger partial charge in [0.05, 0.1) is 12.1 Å². The lowest BCUT2D eigenvalue weighted by Crippen LogP contribution is -2.33. The molecule has 0 radical (unpaired) electrons. The molecule has 1 heterocycles. The van der Waals surface area contributed by atoms with E-state index in [9.17, 15) is 4.79 Å². The SMILES string of the molecule is Cc1cc(Br)cc2c1CC(=O)N2N. The number of rotatable bonds is 0. The van der Waals surface area contributed by atoms with E-state index in [0.29, 0.717) is 6.42 Å². The molecule has 1 aliphatic heterocycles. The van der Waals surface area contributed by atoms with E-state index in [1.165, 1.54) is 5.01 Å². The summed E-state index contributed by atoms with van der Waals surface area (Å²) in [4.78, 5) is 11.3. The van der Waals surface area contributed by atoms with Crippen molar-refractivity contribution in [1.82, 2.24) is 0 Å². The van der Waals surface area contributed by atoms with Crippen LogP contribution >= 0.6 is 15.9 Å². The molecule has 1 aromatic rings. The number of nitrogens with zero attached hydrogens (tertiary/aromatic N) is 1. The van der Waals surface area contributed by atoms with Gasteiger partial charge in [-0.25, -0.2) is 10.9 Å². The van der Waals surface area contributed by atoms with Crippen LogP contribution < -0.4 is 10.9 Å². The molecule has 0 fully saturated rings. The zero-order valence-electron chi connectivity index (χ0n) is 7.17.